The summed E-state index contributed by atoms with van der Waals surface area (Å²) < 4.78 is 14.2. The van der Waals surface area contributed by atoms with Crippen molar-refractivity contribution in [3.05, 3.63) is 245 Å². The largest absolute Gasteiger partial charge is 0.458 e. The summed E-state index contributed by atoms with van der Waals surface area (Å²) in [5, 5.41) is 2.41. The summed E-state index contributed by atoms with van der Waals surface area (Å²) in [6, 6.07) is 64.1. The van der Waals surface area contributed by atoms with E-state index in [-0.39, 0.29) is 32.5 Å². The van der Waals surface area contributed by atoms with Gasteiger partial charge in [-0.05, 0) is 115 Å². The maximum absolute atomic E-state index is 7.36. The van der Waals surface area contributed by atoms with E-state index >= 15 is 0 Å². The molecule has 0 aliphatic rings. The lowest BCUT2D eigenvalue weighted by atomic mass is 9.73. The highest BCUT2D eigenvalue weighted by atomic mass is 16.5. The monoisotopic (exact) mass is 1000 g/mol. The van der Waals surface area contributed by atoms with Crippen molar-refractivity contribution in [2.75, 3.05) is 0 Å². The fourth-order valence-corrected chi connectivity index (χ4v) is 11.0. The highest BCUT2D eigenvalue weighted by Gasteiger charge is 2.32. The van der Waals surface area contributed by atoms with Crippen LogP contribution in [0.2, 0.25) is 0 Å². The molecule has 0 radical (unpaired) electrons. The van der Waals surface area contributed by atoms with Crippen LogP contribution in [0.4, 0.5) is 0 Å². The van der Waals surface area contributed by atoms with Crippen LogP contribution in [0.3, 0.4) is 0 Å². The first-order valence-electron chi connectivity index (χ1n) is 27.1. The average Bonchev–Trinajstić information content (AvgIpc) is 4.15. The number of imidazole rings is 1. The molecule has 5 heteroatoms. The van der Waals surface area contributed by atoms with E-state index in [4.69, 9.17) is 9.72 Å². The third-order valence-electron chi connectivity index (χ3n) is 16.1. The molecule has 5 nitrogen and oxygen atoms in total. The number of nitrogens with zero attached hydrogens (tertiary/aromatic N) is 4. The Morgan fingerprint density at radius 1 is 0.434 bits per heavy atom. The number of hydrogen-bond donors (Lipinski definition) is 0. The van der Waals surface area contributed by atoms with Crippen LogP contribution in [0.25, 0.3) is 39.0 Å². The summed E-state index contributed by atoms with van der Waals surface area (Å²) in [5.41, 5.74) is 13.7. The van der Waals surface area contributed by atoms with Gasteiger partial charge in [0.05, 0.1) is 28.1 Å². The Bertz CT molecular complexity index is 3670. The molecule has 10 aromatic rings. The molecule has 0 amide bonds. The Kier molecular flexibility index (Phi) is 13.0. The summed E-state index contributed by atoms with van der Waals surface area (Å²) in [4.78, 5) is 5.04. The standard InChI is InChI=1S/C71H76N4O/c1-66(2,3)51-35-36-72-64(42-51)75-61-34-26-25-33-59(61)65-60(67(4,5)6)44-58(45-62(65)75)76-57-41-54(71(14,15)50-31-23-18-24-32-50)40-56(43-57)74-47-73(46-63(74)68(7,8)9)55-38-52(69(10,11)48-27-19-16-20-28-48)37-53(39-55)70(12,13)49-29-21-17-22-30-49/h16-46H,1-15H3. The maximum atomic E-state index is 7.36. The molecule has 0 atom stereocenters. The number of fused-ring (bicyclic) bond motifs is 3. The molecule has 0 N–H and O–H groups in total. The van der Waals surface area contributed by atoms with Crippen LogP contribution in [0.15, 0.2) is 188 Å². The van der Waals surface area contributed by atoms with E-state index in [9.17, 15) is 0 Å². The van der Waals surface area contributed by atoms with Crippen LogP contribution in [-0.4, -0.2) is 14.1 Å². The fourth-order valence-electron chi connectivity index (χ4n) is 11.0. The van der Waals surface area contributed by atoms with E-state index in [0.29, 0.717) is 0 Å². The van der Waals surface area contributed by atoms with Crippen molar-refractivity contribution in [1.29, 1.82) is 0 Å². The van der Waals surface area contributed by atoms with Gasteiger partial charge in [0.25, 0.3) is 6.33 Å². The van der Waals surface area contributed by atoms with E-state index < -0.39 is 0 Å². The molecule has 0 spiro atoms. The van der Waals surface area contributed by atoms with E-state index in [1.54, 1.807) is 0 Å². The van der Waals surface area contributed by atoms with Crippen molar-refractivity contribution in [3.8, 4) is 28.7 Å². The zero-order valence-electron chi connectivity index (χ0n) is 47.6. The first kappa shape index (κ1) is 52.0. The molecule has 3 heterocycles. The van der Waals surface area contributed by atoms with Crippen molar-refractivity contribution in [2.24, 2.45) is 0 Å². The Morgan fingerprint density at radius 2 is 0.947 bits per heavy atom. The second-order valence-electron chi connectivity index (χ2n) is 25.7. The second-order valence-corrected chi connectivity index (χ2v) is 25.7. The summed E-state index contributed by atoms with van der Waals surface area (Å²) in [5.74, 6) is 2.40. The molecule has 0 fully saturated rings. The molecular weight excluding hydrogens is 925 g/mol. The van der Waals surface area contributed by atoms with Gasteiger partial charge in [0, 0.05) is 45.5 Å². The lowest BCUT2D eigenvalue weighted by molar-refractivity contribution is -0.599. The van der Waals surface area contributed by atoms with Crippen LogP contribution in [0.5, 0.6) is 11.5 Å². The van der Waals surface area contributed by atoms with Gasteiger partial charge in [-0.15, -0.1) is 0 Å². The smallest absolute Gasteiger partial charge is 0.269 e. The van der Waals surface area contributed by atoms with Crippen LogP contribution in [0.1, 0.15) is 154 Å². The first-order chi connectivity index (χ1) is 35.8. The molecule has 7 aromatic carbocycles. The minimum atomic E-state index is -0.383. The number of pyridine rings is 1. The number of ether oxygens (including phenoxy) is 1. The Balaban J connectivity index is 1.19. The quantitative estimate of drug-likeness (QED) is 0.0956. The molecule has 10 rings (SSSR count). The number of aromatic nitrogens is 4. The minimum Gasteiger partial charge on any atom is -0.458 e. The normalized spacial score (nSPS) is 12.9. The van der Waals surface area contributed by atoms with Gasteiger partial charge >= 0.3 is 0 Å². The third kappa shape index (κ3) is 9.70. The van der Waals surface area contributed by atoms with Gasteiger partial charge < -0.3 is 4.74 Å². The molecule has 0 bridgehead atoms. The SMILES string of the molecule is CC(C)(C)c1ccnc(-n2c3ccccc3c3c(C(C)(C)C)cc(Oc4cc(-n5[c-][n+](-c6cc(C(C)(C)c7ccccc7)cc(C(C)(C)c7ccccc7)c6)cc5C(C)(C)C)cc(C(C)(C)c5ccccc5)c4)cc32)c1. The zero-order valence-corrected chi connectivity index (χ0v) is 47.6. The third-order valence-corrected chi connectivity index (χ3v) is 16.1. The average molecular weight is 1000 g/mol. The minimum absolute atomic E-state index is 0.0492. The summed E-state index contributed by atoms with van der Waals surface area (Å²) >= 11 is 0. The molecular formula is C71H76N4O. The number of para-hydroxylation sites is 1. The van der Waals surface area contributed by atoms with Crippen molar-refractivity contribution >= 4 is 21.8 Å². The summed E-state index contributed by atoms with van der Waals surface area (Å²) in [6.45, 7) is 34.5. The van der Waals surface area contributed by atoms with Gasteiger partial charge in [0.1, 0.15) is 17.3 Å². The van der Waals surface area contributed by atoms with E-state index in [1.165, 1.54) is 49.7 Å². The van der Waals surface area contributed by atoms with Gasteiger partial charge in [-0.1, -0.05) is 219 Å². The fraction of sp³-hybridized carbons (Fsp3) is 0.296. The number of rotatable bonds is 11. The van der Waals surface area contributed by atoms with Gasteiger partial charge in [0.15, 0.2) is 0 Å². The molecule has 0 aliphatic heterocycles. The van der Waals surface area contributed by atoms with Crippen molar-refractivity contribution in [1.82, 2.24) is 14.1 Å². The molecule has 0 aliphatic carbocycles. The number of benzene rings is 7. The molecule has 386 valence electrons. The molecule has 76 heavy (non-hydrogen) atoms. The molecule has 0 saturated carbocycles. The molecule has 0 saturated heterocycles. The Morgan fingerprint density at radius 3 is 1.47 bits per heavy atom. The van der Waals surface area contributed by atoms with E-state index in [1.807, 2.05) is 6.20 Å². The lowest BCUT2D eigenvalue weighted by Gasteiger charge is -2.32. The number of hydrogen-bond acceptors (Lipinski definition) is 2. The van der Waals surface area contributed by atoms with Crippen LogP contribution in [0, 0.1) is 6.33 Å². The Labute approximate surface area is 452 Å². The van der Waals surface area contributed by atoms with Crippen LogP contribution >= 0.6 is 0 Å². The van der Waals surface area contributed by atoms with Crippen molar-refractivity contribution < 1.29 is 9.30 Å². The second kappa shape index (κ2) is 19.0. The molecule has 0 unspecified atom stereocenters. The van der Waals surface area contributed by atoms with E-state index in [0.717, 1.165) is 51.0 Å². The van der Waals surface area contributed by atoms with Gasteiger partial charge in [-0.25, -0.2) is 4.98 Å². The van der Waals surface area contributed by atoms with Crippen molar-refractivity contribution in [2.45, 2.75) is 136 Å². The summed E-state index contributed by atoms with van der Waals surface area (Å²) in [6.07, 6.45) is 8.18. The zero-order chi connectivity index (χ0) is 54.2. The maximum Gasteiger partial charge on any atom is 0.269 e. The predicted octanol–water partition coefficient (Wildman–Crippen LogP) is 17.7. The molecule has 3 aromatic heterocycles. The topological polar surface area (TPSA) is 35.9 Å². The summed E-state index contributed by atoms with van der Waals surface area (Å²) in [7, 11) is 0. The van der Waals surface area contributed by atoms with Gasteiger partial charge in [-0.3, -0.25) is 13.7 Å². The van der Waals surface area contributed by atoms with E-state index in [2.05, 4.69) is 306 Å². The Hall–Kier alpha value is -7.50. The highest BCUT2D eigenvalue weighted by Crippen LogP contribution is 2.44. The lowest BCUT2D eigenvalue weighted by Crippen LogP contribution is -2.31. The van der Waals surface area contributed by atoms with Crippen LogP contribution in [-0.2, 0) is 32.5 Å². The van der Waals surface area contributed by atoms with Crippen molar-refractivity contribution in [3.63, 3.8) is 0 Å². The highest BCUT2D eigenvalue weighted by molar-refractivity contribution is 6.11. The predicted molar refractivity (Wildman–Crippen MR) is 317 cm³/mol. The van der Waals surface area contributed by atoms with Gasteiger partial charge in [-0.2, -0.15) is 0 Å². The van der Waals surface area contributed by atoms with Crippen LogP contribution < -0.4 is 9.30 Å². The van der Waals surface area contributed by atoms with Gasteiger partial charge in [0.2, 0.25) is 0 Å². The first-order valence-corrected chi connectivity index (χ1v) is 27.1.